The number of halogens is 2. The quantitative estimate of drug-likeness (QED) is 0.895. The number of primary amides is 1. The molecule has 0 saturated carbocycles. The fourth-order valence-corrected chi connectivity index (χ4v) is 2.08. The molecule has 2 aromatic carbocycles. The van der Waals surface area contributed by atoms with Gasteiger partial charge in [0.05, 0.1) is 0 Å². The number of rotatable bonds is 5. The van der Waals surface area contributed by atoms with Gasteiger partial charge in [0.2, 0.25) is 5.91 Å². The summed E-state index contributed by atoms with van der Waals surface area (Å²) in [5, 5.41) is 0. The molecule has 20 heavy (non-hydrogen) atoms. The van der Waals surface area contributed by atoms with Gasteiger partial charge in [0.15, 0.2) is 0 Å². The van der Waals surface area contributed by atoms with E-state index in [9.17, 15) is 13.6 Å². The molecule has 2 aromatic rings. The summed E-state index contributed by atoms with van der Waals surface area (Å²) < 4.78 is 25.7. The van der Waals surface area contributed by atoms with E-state index in [0.29, 0.717) is 12.8 Å². The summed E-state index contributed by atoms with van der Waals surface area (Å²) in [6.07, 6.45) is 0.875. The second-order valence-electron chi connectivity index (χ2n) is 4.76. The molecule has 0 bridgehead atoms. The molecule has 0 atom stereocenters. The number of hydrogen-bond acceptors (Lipinski definition) is 1. The molecule has 0 unspecified atom stereocenters. The molecule has 0 aliphatic rings. The van der Waals surface area contributed by atoms with Crippen molar-refractivity contribution in [3.8, 4) is 0 Å². The van der Waals surface area contributed by atoms with Crippen molar-refractivity contribution in [2.75, 3.05) is 0 Å². The van der Waals surface area contributed by atoms with Crippen LogP contribution in [0.3, 0.4) is 0 Å². The van der Waals surface area contributed by atoms with E-state index in [-0.39, 0.29) is 11.6 Å². The van der Waals surface area contributed by atoms with Gasteiger partial charge in [-0.25, -0.2) is 8.78 Å². The van der Waals surface area contributed by atoms with Crippen molar-refractivity contribution in [1.82, 2.24) is 0 Å². The molecule has 0 heterocycles. The van der Waals surface area contributed by atoms with Gasteiger partial charge in [-0.2, -0.15) is 0 Å². The Balaban J connectivity index is 2.09. The summed E-state index contributed by atoms with van der Waals surface area (Å²) in [7, 11) is 0. The third-order valence-corrected chi connectivity index (χ3v) is 3.19. The molecule has 1 amide bonds. The second-order valence-corrected chi connectivity index (χ2v) is 4.76. The van der Waals surface area contributed by atoms with Gasteiger partial charge >= 0.3 is 0 Å². The van der Waals surface area contributed by atoms with E-state index in [4.69, 9.17) is 5.73 Å². The average Bonchev–Trinajstić information content (AvgIpc) is 2.42. The minimum atomic E-state index is -0.418. The third-order valence-electron chi connectivity index (χ3n) is 3.19. The van der Waals surface area contributed by atoms with Crippen LogP contribution in [-0.4, -0.2) is 5.91 Å². The van der Waals surface area contributed by atoms with Crippen LogP contribution in [0.5, 0.6) is 0 Å². The Kier molecular flexibility index (Phi) is 4.45. The van der Waals surface area contributed by atoms with Crippen molar-refractivity contribution in [3.63, 3.8) is 0 Å². The zero-order chi connectivity index (χ0) is 14.5. The number of nitrogens with two attached hydrogens (primary N) is 1. The van der Waals surface area contributed by atoms with Crippen LogP contribution in [0.15, 0.2) is 48.5 Å². The molecule has 0 fully saturated rings. The van der Waals surface area contributed by atoms with E-state index >= 15 is 0 Å². The van der Waals surface area contributed by atoms with Crippen molar-refractivity contribution in [1.29, 1.82) is 0 Å². The molecule has 0 radical (unpaired) electrons. The van der Waals surface area contributed by atoms with E-state index < -0.39 is 11.8 Å². The summed E-state index contributed by atoms with van der Waals surface area (Å²) in [5.41, 5.74) is 7.09. The van der Waals surface area contributed by atoms with Crippen LogP contribution >= 0.6 is 0 Å². The molecule has 0 spiro atoms. The predicted octanol–water partition coefficient (Wildman–Crippen LogP) is 2.85. The number of carbonyl (C=O) groups excluding carboxylic acids is 1. The first-order valence-corrected chi connectivity index (χ1v) is 6.33. The Morgan fingerprint density at radius 2 is 1.20 bits per heavy atom. The number of benzene rings is 2. The Morgan fingerprint density at radius 3 is 1.50 bits per heavy atom. The summed E-state index contributed by atoms with van der Waals surface area (Å²) in [6.45, 7) is 0. The van der Waals surface area contributed by atoms with E-state index in [0.717, 1.165) is 11.1 Å². The van der Waals surface area contributed by atoms with Crippen LogP contribution in [0, 0.1) is 17.6 Å². The summed E-state index contributed by atoms with van der Waals surface area (Å²) in [4.78, 5) is 11.5. The van der Waals surface area contributed by atoms with Crippen LogP contribution < -0.4 is 5.73 Å². The number of amides is 1. The Labute approximate surface area is 116 Å². The fourth-order valence-electron chi connectivity index (χ4n) is 2.08. The minimum Gasteiger partial charge on any atom is -0.369 e. The van der Waals surface area contributed by atoms with Gasteiger partial charge in [0, 0.05) is 5.92 Å². The normalized spacial score (nSPS) is 10.8. The summed E-state index contributed by atoms with van der Waals surface area (Å²) in [5.74, 6) is -1.45. The molecule has 0 saturated heterocycles. The lowest BCUT2D eigenvalue weighted by Crippen LogP contribution is -2.27. The Hall–Kier alpha value is -2.23. The van der Waals surface area contributed by atoms with E-state index in [1.165, 1.54) is 24.3 Å². The Morgan fingerprint density at radius 1 is 0.850 bits per heavy atom. The fraction of sp³-hybridized carbons (Fsp3) is 0.188. The molecule has 0 aliphatic heterocycles. The van der Waals surface area contributed by atoms with Gasteiger partial charge in [0.25, 0.3) is 0 Å². The zero-order valence-electron chi connectivity index (χ0n) is 10.9. The lowest BCUT2D eigenvalue weighted by atomic mass is 9.92. The van der Waals surface area contributed by atoms with Gasteiger partial charge in [-0.1, -0.05) is 24.3 Å². The lowest BCUT2D eigenvalue weighted by molar-refractivity contribution is -0.121. The van der Waals surface area contributed by atoms with Crippen molar-refractivity contribution in [2.24, 2.45) is 11.7 Å². The summed E-state index contributed by atoms with van der Waals surface area (Å²) >= 11 is 0. The van der Waals surface area contributed by atoms with E-state index in [2.05, 4.69) is 0 Å². The van der Waals surface area contributed by atoms with Crippen LogP contribution in [-0.2, 0) is 17.6 Å². The standard InChI is InChI=1S/C16H15F2NO/c17-14-5-1-11(2-6-14)9-13(16(19)20)10-12-3-7-15(18)8-4-12/h1-8,13H,9-10H2,(H2,19,20). The van der Waals surface area contributed by atoms with Gasteiger partial charge in [-0.3, -0.25) is 4.79 Å². The molecule has 2 rings (SSSR count). The molecule has 0 aliphatic carbocycles. The predicted molar refractivity (Wildman–Crippen MR) is 72.9 cm³/mol. The minimum absolute atomic E-state index is 0.317. The summed E-state index contributed by atoms with van der Waals surface area (Å²) in [6, 6.07) is 11.9. The number of hydrogen-bond donors (Lipinski definition) is 1. The highest BCUT2D eigenvalue weighted by atomic mass is 19.1. The number of carbonyl (C=O) groups is 1. The van der Waals surface area contributed by atoms with Gasteiger partial charge in [-0.15, -0.1) is 0 Å². The first kappa shape index (κ1) is 14.2. The zero-order valence-corrected chi connectivity index (χ0v) is 10.9. The largest absolute Gasteiger partial charge is 0.369 e. The van der Waals surface area contributed by atoms with Gasteiger partial charge < -0.3 is 5.73 Å². The van der Waals surface area contributed by atoms with Crippen LogP contribution in [0.2, 0.25) is 0 Å². The first-order valence-electron chi connectivity index (χ1n) is 6.33. The smallest absolute Gasteiger partial charge is 0.221 e. The maximum absolute atomic E-state index is 12.8. The Bertz CT molecular complexity index is 531. The monoisotopic (exact) mass is 275 g/mol. The molecule has 0 aromatic heterocycles. The second kappa shape index (κ2) is 6.28. The van der Waals surface area contributed by atoms with Gasteiger partial charge in [-0.05, 0) is 48.2 Å². The van der Waals surface area contributed by atoms with Crippen molar-refractivity contribution < 1.29 is 13.6 Å². The molecule has 2 nitrogen and oxygen atoms in total. The molecule has 2 N–H and O–H groups in total. The topological polar surface area (TPSA) is 43.1 Å². The first-order chi connectivity index (χ1) is 9.54. The maximum Gasteiger partial charge on any atom is 0.221 e. The molecular formula is C16H15F2NO. The lowest BCUT2D eigenvalue weighted by Gasteiger charge is -2.13. The third kappa shape index (κ3) is 3.88. The van der Waals surface area contributed by atoms with Crippen molar-refractivity contribution in [3.05, 3.63) is 71.3 Å². The van der Waals surface area contributed by atoms with Crippen molar-refractivity contribution in [2.45, 2.75) is 12.8 Å². The molecule has 104 valence electrons. The van der Waals surface area contributed by atoms with Crippen molar-refractivity contribution >= 4 is 5.91 Å². The highest BCUT2D eigenvalue weighted by Gasteiger charge is 2.16. The van der Waals surface area contributed by atoms with Crippen LogP contribution in [0.25, 0.3) is 0 Å². The van der Waals surface area contributed by atoms with E-state index in [1.807, 2.05) is 0 Å². The maximum atomic E-state index is 12.8. The van der Waals surface area contributed by atoms with Crippen LogP contribution in [0.1, 0.15) is 11.1 Å². The van der Waals surface area contributed by atoms with Gasteiger partial charge in [0.1, 0.15) is 11.6 Å². The van der Waals surface area contributed by atoms with Crippen LogP contribution in [0.4, 0.5) is 8.78 Å². The highest BCUT2D eigenvalue weighted by Crippen LogP contribution is 2.15. The van der Waals surface area contributed by atoms with E-state index in [1.54, 1.807) is 24.3 Å². The molecular weight excluding hydrogens is 260 g/mol. The molecule has 4 heteroatoms. The average molecular weight is 275 g/mol. The SMILES string of the molecule is NC(=O)C(Cc1ccc(F)cc1)Cc1ccc(F)cc1. The highest BCUT2D eigenvalue weighted by molar-refractivity contribution is 5.77.